The lowest BCUT2D eigenvalue weighted by Gasteiger charge is -2.03. The molecule has 0 nitrogen and oxygen atoms in total. The Morgan fingerprint density at radius 3 is 2.15 bits per heavy atom. The summed E-state index contributed by atoms with van der Waals surface area (Å²) in [4.78, 5) is 0. The van der Waals surface area contributed by atoms with Gasteiger partial charge in [0.2, 0.25) is 0 Å². The minimum absolute atomic E-state index is 0.234. The van der Waals surface area contributed by atoms with Crippen molar-refractivity contribution in [3.8, 4) is 0 Å². The maximum absolute atomic E-state index is 11.7. The van der Waals surface area contributed by atoms with E-state index < -0.39 is 12.6 Å². The number of hydrogen-bond acceptors (Lipinski definition) is 0. The van der Waals surface area contributed by atoms with E-state index in [1.165, 1.54) is 0 Å². The first-order valence-electron chi connectivity index (χ1n) is 4.57. The molecule has 0 unspecified atom stereocenters. The quantitative estimate of drug-likeness (QED) is 0.436. The Balaban J connectivity index is 3.17. The topological polar surface area (TPSA) is 0 Å². The third-order valence-corrected chi connectivity index (χ3v) is 1.62. The largest absolute Gasteiger partial charge is 0.389 e. The molecule has 1 radical (unpaired) electrons. The summed E-state index contributed by atoms with van der Waals surface area (Å²) in [6.07, 6.45) is 2.62. The maximum atomic E-state index is 11.7. The fourth-order valence-corrected chi connectivity index (χ4v) is 0.941. The summed E-state index contributed by atoms with van der Waals surface area (Å²) in [6.45, 7) is 3.65. The van der Waals surface area contributed by atoms with E-state index in [1.807, 2.05) is 12.2 Å². The Morgan fingerprint density at radius 2 is 1.62 bits per heavy atom. The predicted octanol–water partition coefficient (Wildman–Crippen LogP) is 4.28. The number of hydrogen-bond donors (Lipinski definition) is 0. The monoisotopic (exact) mass is 193 g/mol. The van der Waals surface area contributed by atoms with Gasteiger partial charge in [0, 0.05) is 6.42 Å². The van der Waals surface area contributed by atoms with Crippen LogP contribution in [0.3, 0.4) is 0 Å². The van der Waals surface area contributed by atoms with Crippen LogP contribution < -0.4 is 0 Å². The number of allylic oxidation sites excluding steroid dienone is 2. The molecule has 0 N–H and O–H groups in total. The molecule has 13 heavy (non-hydrogen) atoms. The lowest BCUT2D eigenvalue weighted by atomic mass is 10.1. The van der Waals surface area contributed by atoms with Crippen LogP contribution in [0.25, 0.3) is 0 Å². The van der Waals surface area contributed by atoms with Crippen LogP contribution >= 0.6 is 0 Å². The van der Waals surface area contributed by atoms with Crippen molar-refractivity contribution in [1.29, 1.82) is 0 Å². The van der Waals surface area contributed by atoms with E-state index in [1.54, 1.807) is 0 Å². The van der Waals surface area contributed by atoms with E-state index >= 15 is 0 Å². The molecule has 0 saturated carbocycles. The number of alkyl halides is 3. The van der Waals surface area contributed by atoms with E-state index in [-0.39, 0.29) is 6.42 Å². The predicted molar refractivity (Wildman–Crippen MR) is 48.3 cm³/mol. The van der Waals surface area contributed by atoms with Gasteiger partial charge in [0.15, 0.2) is 0 Å². The average Bonchev–Trinajstić information content (AvgIpc) is 2.01. The van der Waals surface area contributed by atoms with Crippen LogP contribution in [0.5, 0.6) is 0 Å². The van der Waals surface area contributed by atoms with Crippen LogP contribution in [-0.4, -0.2) is 6.18 Å². The zero-order valence-corrected chi connectivity index (χ0v) is 7.74. The van der Waals surface area contributed by atoms with Crippen LogP contribution in [-0.2, 0) is 0 Å². The van der Waals surface area contributed by atoms with Crippen molar-refractivity contribution in [3.63, 3.8) is 0 Å². The molecule has 0 aliphatic rings. The molecule has 0 heterocycles. The molecule has 0 aliphatic carbocycles. The van der Waals surface area contributed by atoms with Gasteiger partial charge in [0.05, 0.1) is 0 Å². The molecule has 0 rings (SSSR count). The van der Waals surface area contributed by atoms with Crippen LogP contribution in [0.15, 0.2) is 12.2 Å². The van der Waals surface area contributed by atoms with E-state index in [2.05, 4.69) is 6.92 Å². The van der Waals surface area contributed by atoms with Gasteiger partial charge in [0.25, 0.3) is 0 Å². The summed E-state index contributed by atoms with van der Waals surface area (Å²) in [7, 11) is 0. The molecule has 77 valence electrons. The van der Waals surface area contributed by atoms with Gasteiger partial charge in [-0.15, -0.1) is 0 Å². The molecule has 0 atom stereocenters. The summed E-state index contributed by atoms with van der Waals surface area (Å²) in [5, 5.41) is 0. The number of rotatable bonds is 6. The van der Waals surface area contributed by atoms with Crippen molar-refractivity contribution in [2.45, 2.75) is 44.7 Å². The Kier molecular flexibility index (Phi) is 6.73. The molecule has 0 bridgehead atoms. The average molecular weight is 193 g/mol. The molecule has 0 amide bonds. The van der Waals surface area contributed by atoms with Gasteiger partial charge in [-0.25, -0.2) is 0 Å². The summed E-state index contributed by atoms with van der Waals surface area (Å²) in [5.41, 5.74) is 0. The Bertz CT molecular complexity index is 136. The highest BCUT2D eigenvalue weighted by molar-refractivity contribution is 4.81. The molecule has 0 aliphatic heterocycles. The van der Waals surface area contributed by atoms with Gasteiger partial charge in [0.1, 0.15) is 0 Å². The zero-order valence-electron chi connectivity index (χ0n) is 7.74. The Hall–Kier alpha value is -0.470. The zero-order chi connectivity index (χ0) is 10.2. The second kappa shape index (κ2) is 6.98. The standard InChI is InChI=1S/C10H16F3/c1-2-3-4-5-6-7-8-9-10(11,12)13/h4-5H,1-3,6-9H2/b5-4+. The molecule has 0 saturated heterocycles. The normalized spacial score (nSPS) is 12.6. The highest BCUT2D eigenvalue weighted by Crippen LogP contribution is 2.22. The Labute approximate surface area is 77.8 Å². The Morgan fingerprint density at radius 1 is 1.00 bits per heavy atom. The molecule has 0 spiro atoms. The summed E-state index contributed by atoms with van der Waals surface area (Å²) in [5.74, 6) is 0. The van der Waals surface area contributed by atoms with Gasteiger partial charge in [-0.3, -0.25) is 0 Å². The highest BCUT2D eigenvalue weighted by Gasteiger charge is 2.25. The fraction of sp³-hybridized carbons (Fsp3) is 0.700. The van der Waals surface area contributed by atoms with Gasteiger partial charge in [-0.2, -0.15) is 13.2 Å². The minimum atomic E-state index is -3.99. The van der Waals surface area contributed by atoms with Crippen molar-refractivity contribution >= 4 is 0 Å². The lowest BCUT2D eigenvalue weighted by molar-refractivity contribution is -0.135. The van der Waals surface area contributed by atoms with E-state index in [0.29, 0.717) is 6.42 Å². The van der Waals surface area contributed by atoms with Gasteiger partial charge >= 0.3 is 6.18 Å². The first-order valence-corrected chi connectivity index (χ1v) is 4.57. The lowest BCUT2D eigenvalue weighted by Crippen LogP contribution is -2.05. The number of unbranched alkanes of at least 4 members (excludes halogenated alkanes) is 3. The molecule has 0 fully saturated rings. The molecule has 0 aromatic carbocycles. The van der Waals surface area contributed by atoms with E-state index in [4.69, 9.17) is 0 Å². The molecule has 0 aromatic heterocycles. The van der Waals surface area contributed by atoms with Crippen molar-refractivity contribution in [2.75, 3.05) is 0 Å². The molecule has 3 heteroatoms. The van der Waals surface area contributed by atoms with Crippen LogP contribution in [0, 0.1) is 6.92 Å². The second-order valence-corrected chi connectivity index (χ2v) is 2.97. The first kappa shape index (κ1) is 12.5. The number of halogens is 3. The highest BCUT2D eigenvalue weighted by atomic mass is 19.4. The minimum Gasteiger partial charge on any atom is -0.171 e. The summed E-state index contributed by atoms with van der Waals surface area (Å²) >= 11 is 0. The summed E-state index contributed by atoms with van der Waals surface area (Å²) < 4.78 is 35.0. The molecule has 0 aromatic rings. The van der Waals surface area contributed by atoms with E-state index in [9.17, 15) is 13.2 Å². The van der Waals surface area contributed by atoms with E-state index in [0.717, 1.165) is 19.3 Å². The van der Waals surface area contributed by atoms with Crippen molar-refractivity contribution < 1.29 is 13.2 Å². The molecular formula is C10H16F3. The van der Waals surface area contributed by atoms with Crippen molar-refractivity contribution in [1.82, 2.24) is 0 Å². The van der Waals surface area contributed by atoms with Crippen LogP contribution in [0.2, 0.25) is 0 Å². The third-order valence-electron chi connectivity index (χ3n) is 1.62. The first-order chi connectivity index (χ1) is 6.06. The van der Waals surface area contributed by atoms with Crippen molar-refractivity contribution in [2.24, 2.45) is 0 Å². The molecular weight excluding hydrogens is 177 g/mol. The van der Waals surface area contributed by atoms with Gasteiger partial charge in [-0.1, -0.05) is 19.1 Å². The van der Waals surface area contributed by atoms with Crippen LogP contribution in [0.1, 0.15) is 38.5 Å². The van der Waals surface area contributed by atoms with Crippen LogP contribution in [0.4, 0.5) is 13.2 Å². The fourth-order valence-electron chi connectivity index (χ4n) is 0.941. The second-order valence-electron chi connectivity index (χ2n) is 2.97. The van der Waals surface area contributed by atoms with Gasteiger partial charge in [-0.05, 0) is 32.1 Å². The SMILES string of the molecule is [CH2]CC/C=C/CCCCC(F)(F)F. The summed E-state index contributed by atoms with van der Waals surface area (Å²) in [6, 6.07) is 0. The smallest absolute Gasteiger partial charge is 0.171 e. The third kappa shape index (κ3) is 11.5. The maximum Gasteiger partial charge on any atom is 0.389 e. The van der Waals surface area contributed by atoms with Gasteiger partial charge < -0.3 is 0 Å². The van der Waals surface area contributed by atoms with Crippen molar-refractivity contribution in [3.05, 3.63) is 19.1 Å².